The van der Waals surface area contributed by atoms with Crippen LogP contribution >= 0.6 is 23.2 Å². The lowest BCUT2D eigenvalue weighted by Crippen LogP contribution is -2.52. The van der Waals surface area contributed by atoms with Crippen LogP contribution in [0.4, 0.5) is 22.0 Å². The first kappa shape index (κ1) is 38.4. The molecule has 14 heteroatoms. The maximum atomic E-state index is 14.8. The van der Waals surface area contributed by atoms with E-state index in [1.165, 1.54) is 26.0 Å². The third-order valence-corrected chi connectivity index (χ3v) is 8.06. The number of Topliss-reactive ketones (excluding diaryl/α,β-unsaturated/α-hetero) is 2. The second-order valence-electron chi connectivity index (χ2n) is 11.4. The van der Waals surface area contributed by atoms with E-state index in [4.69, 9.17) is 27.9 Å². The molecule has 0 aliphatic heterocycles. The molecule has 0 fully saturated rings. The summed E-state index contributed by atoms with van der Waals surface area (Å²) in [4.78, 5) is 52.0. The number of halogens is 7. The van der Waals surface area contributed by atoms with Crippen LogP contribution in [0, 0.1) is 11.8 Å². The molecule has 0 spiro atoms. The van der Waals surface area contributed by atoms with Crippen LogP contribution in [0.1, 0.15) is 43.9 Å². The molecule has 1 unspecified atom stereocenters. The van der Waals surface area contributed by atoms with Gasteiger partial charge in [-0.3, -0.25) is 19.2 Å². The Bertz CT molecular complexity index is 1570. The Hall–Kier alpha value is -4.03. The highest BCUT2D eigenvalue weighted by molar-refractivity contribution is 6.42. The number of carbonyl (C=O) groups is 4. The van der Waals surface area contributed by atoms with E-state index in [1.807, 2.05) is 0 Å². The summed E-state index contributed by atoms with van der Waals surface area (Å²) in [5, 5.41) is 4.13. The molecule has 48 heavy (non-hydrogen) atoms. The van der Waals surface area contributed by atoms with Gasteiger partial charge in [0.05, 0.1) is 22.5 Å². The van der Waals surface area contributed by atoms with Crippen molar-refractivity contribution in [3.05, 3.63) is 100 Å². The quantitative estimate of drug-likeness (QED) is 0.119. The van der Waals surface area contributed by atoms with Crippen LogP contribution < -0.4 is 15.4 Å². The number of hydrogen-bond acceptors (Lipinski definition) is 5. The molecule has 0 radical (unpaired) electrons. The predicted molar refractivity (Wildman–Crippen MR) is 170 cm³/mol. The number of ether oxygens (including phenoxy) is 1. The number of hydrogen-bond donors (Lipinski definition) is 2. The number of benzene rings is 3. The summed E-state index contributed by atoms with van der Waals surface area (Å²) >= 11 is 12.3. The Morgan fingerprint density at radius 1 is 0.812 bits per heavy atom. The standard InChI is InChI=1S/C34H33Cl2F5N2O5/c1-20(2)24(31(46)34(40,41)32(47)42-19-33(37,38)39)17-28(44)27(15-21-9-5-3-6-10-21)43-30(45)18-29(48-23-11-7-4-8-12-23)22-13-14-25(35)26(36)16-22/h3-14,16,20,24,27,29H,15,17-19H2,1-2H3,(H,42,47)(H,43,45)/t24-,27-,29?/m0/s1. The lowest BCUT2D eigenvalue weighted by Gasteiger charge is -2.26. The van der Waals surface area contributed by atoms with Gasteiger partial charge in [-0.05, 0) is 47.7 Å². The minimum atomic E-state index is -4.99. The van der Waals surface area contributed by atoms with Crippen LogP contribution in [-0.2, 0) is 25.6 Å². The second-order valence-corrected chi connectivity index (χ2v) is 12.2. The topological polar surface area (TPSA) is 102 Å². The van der Waals surface area contributed by atoms with E-state index >= 15 is 0 Å². The normalized spacial score (nSPS) is 13.7. The highest BCUT2D eigenvalue weighted by Gasteiger charge is 2.51. The summed E-state index contributed by atoms with van der Waals surface area (Å²) < 4.78 is 73.2. The van der Waals surface area contributed by atoms with Crippen LogP contribution in [0.3, 0.4) is 0 Å². The van der Waals surface area contributed by atoms with Crippen LogP contribution in [0.2, 0.25) is 10.0 Å². The number of rotatable bonds is 16. The predicted octanol–water partition coefficient (Wildman–Crippen LogP) is 7.35. The van der Waals surface area contributed by atoms with Crippen molar-refractivity contribution in [3.8, 4) is 5.75 Å². The van der Waals surface area contributed by atoms with E-state index in [-0.39, 0.29) is 22.9 Å². The van der Waals surface area contributed by atoms with Crippen molar-refractivity contribution < 1.29 is 45.9 Å². The molecule has 3 rings (SSSR count). The Balaban J connectivity index is 1.85. The summed E-state index contributed by atoms with van der Waals surface area (Å²) in [5.41, 5.74) is 1.09. The molecule has 0 bridgehead atoms. The minimum absolute atomic E-state index is 0.0795. The number of nitrogens with one attached hydrogen (secondary N) is 2. The van der Waals surface area contributed by atoms with Crippen LogP contribution in [0.5, 0.6) is 5.75 Å². The first-order valence-electron chi connectivity index (χ1n) is 14.8. The Kier molecular flexibility index (Phi) is 13.5. The molecule has 0 heterocycles. The third-order valence-electron chi connectivity index (χ3n) is 7.32. The smallest absolute Gasteiger partial charge is 0.405 e. The first-order valence-corrected chi connectivity index (χ1v) is 15.5. The zero-order valence-electron chi connectivity index (χ0n) is 25.8. The van der Waals surface area contributed by atoms with Crippen molar-refractivity contribution in [2.75, 3.05) is 6.54 Å². The summed E-state index contributed by atoms with van der Waals surface area (Å²) in [6.07, 6.45) is -7.13. The van der Waals surface area contributed by atoms with Gasteiger partial charge in [0.15, 0.2) is 5.78 Å². The van der Waals surface area contributed by atoms with Crippen molar-refractivity contribution >= 4 is 46.6 Å². The fourth-order valence-electron chi connectivity index (χ4n) is 4.75. The highest BCUT2D eigenvalue weighted by atomic mass is 35.5. The lowest BCUT2D eigenvalue weighted by molar-refractivity contribution is -0.167. The van der Waals surface area contributed by atoms with Gasteiger partial charge in [-0.25, -0.2) is 0 Å². The Labute approximate surface area is 284 Å². The van der Waals surface area contributed by atoms with Gasteiger partial charge in [0, 0.05) is 12.3 Å². The zero-order valence-corrected chi connectivity index (χ0v) is 27.3. The van der Waals surface area contributed by atoms with Crippen molar-refractivity contribution in [1.82, 2.24) is 10.6 Å². The van der Waals surface area contributed by atoms with Crippen LogP contribution in [-0.4, -0.2) is 48.1 Å². The Morgan fingerprint density at radius 3 is 1.98 bits per heavy atom. The average Bonchev–Trinajstić information content (AvgIpc) is 3.03. The molecule has 2 N–H and O–H groups in total. The average molecular weight is 716 g/mol. The molecular formula is C34H33Cl2F5N2O5. The van der Waals surface area contributed by atoms with Gasteiger partial charge in [-0.15, -0.1) is 0 Å². The van der Waals surface area contributed by atoms with Crippen LogP contribution in [0.25, 0.3) is 0 Å². The Morgan fingerprint density at radius 2 is 1.42 bits per heavy atom. The van der Waals surface area contributed by atoms with Gasteiger partial charge >= 0.3 is 12.1 Å². The van der Waals surface area contributed by atoms with Gasteiger partial charge in [-0.2, -0.15) is 22.0 Å². The zero-order chi connectivity index (χ0) is 35.6. The first-order chi connectivity index (χ1) is 22.5. The van der Waals surface area contributed by atoms with Gasteiger partial charge in [0.2, 0.25) is 11.7 Å². The van der Waals surface area contributed by atoms with E-state index in [1.54, 1.807) is 66.7 Å². The number of amides is 2. The van der Waals surface area contributed by atoms with Crippen molar-refractivity contribution in [2.45, 2.75) is 57.4 Å². The van der Waals surface area contributed by atoms with Crippen molar-refractivity contribution in [2.24, 2.45) is 11.8 Å². The van der Waals surface area contributed by atoms with Gasteiger partial charge < -0.3 is 15.4 Å². The van der Waals surface area contributed by atoms with E-state index in [0.717, 1.165) is 5.32 Å². The summed E-state index contributed by atoms with van der Waals surface area (Å²) in [5.74, 6) is -13.0. The summed E-state index contributed by atoms with van der Waals surface area (Å²) in [6.45, 7) is 0.641. The van der Waals surface area contributed by atoms with E-state index in [0.29, 0.717) is 16.9 Å². The highest BCUT2D eigenvalue weighted by Crippen LogP contribution is 2.31. The van der Waals surface area contributed by atoms with E-state index < -0.39 is 72.4 Å². The van der Waals surface area contributed by atoms with Gasteiger partial charge in [-0.1, -0.05) is 91.6 Å². The molecule has 3 aromatic rings. The van der Waals surface area contributed by atoms with Gasteiger partial charge in [0.25, 0.3) is 5.91 Å². The maximum absolute atomic E-state index is 14.8. The summed E-state index contributed by atoms with van der Waals surface area (Å²) in [6, 6.07) is 20.4. The molecule has 2 amide bonds. The molecule has 0 aliphatic carbocycles. The number of alkyl halides is 5. The molecule has 3 aromatic carbocycles. The van der Waals surface area contributed by atoms with Crippen LogP contribution in [0.15, 0.2) is 78.9 Å². The molecular weight excluding hydrogens is 682 g/mol. The monoisotopic (exact) mass is 714 g/mol. The molecule has 0 aromatic heterocycles. The third kappa shape index (κ3) is 11.3. The molecule has 0 aliphatic rings. The maximum Gasteiger partial charge on any atom is 0.405 e. The fourth-order valence-corrected chi connectivity index (χ4v) is 5.05. The molecule has 258 valence electrons. The minimum Gasteiger partial charge on any atom is -0.485 e. The number of carbonyl (C=O) groups excluding carboxylic acids is 4. The molecule has 0 saturated heterocycles. The van der Waals surface area contributed by atoms with Crippen molar-refractivity contribution in [1.29, 1.82) is 0 Å². The largest absolute Gasteiger partial charge is 0.485 e. The molecule has 0 saturated carbocycles. The SMILES string of the molecule is CC(C)[C@H](CC(=O)[C@H](Cc1ccccc1)NC(=O)CC(Oc1ccccc1)c1ccc(Cl)c(Cl)c1)C(=O)C(F)(F)C(=O)NCC(F)(F)F. The fraction of sp³-hybridized carbons (Fsp3) is 0.353. The number of para-hydroxylation sites is 1. The molecule has 7 nitrogen and oxygen atoms in total. The van der Waals surface area contributed by atoms with Gasteiger partial charge in [0.1, 0.15) is 18.4 Å². The lowest BCUT2D eigenvalue weighted by atomic mass is 9.82. The van der Waals surface area contributed by atoms with Crippen molar-refractivity contribution in [3.63, 3.8) is 0 Å². The van der Waals surface area contributed by atoms with E-state index in [2.05, 4.69) is 5.32 Å². The van der Waals surface area contributed by atoms with E-state index in [9.17, 15) is 41.1 Å². The molecule has 3 atom stereocenters. The summed E-state index contributed by atoms with van der Waals surface area (Å²) in [7, 11) is 0. The second kappa shape index (κ2) is 16.9. The number of ketones is 2.